The topological polar surface area (TPSA) is 59.8 Å². The quantitative estimate of drug-likeness (QED) is 0.417. The molecule has 1 aromatic heterocycles. The molecule has 0 bridgehead atoms. The van der Waals surface area contributed by atoms with Crippen molar-refractivity contribution in [3.05, 3.63) is 90.6 Å². The molecule has 3 aromatic carbocycles. The van der Waals surface area contributed by atoms with Gasteiger partial charge in [0.1, 0.15) is 17.2 Å². The second-order valence-corrected chi connectivity index (χ2v) is 8.38. The Morgan fingerprint density at radius 2 is 1.46 bits per heavy atom. The zero-order chi connectivity index (χ0) is 24.2. The number of anilines is 1. The van der Waals surface area contributed by atoms with Crippen LogP contribution in [0, 0.1) is 0 Å². The molecule has 2 heterocycles. The molecule has 35 heavy (non-hydrogen) atoms. The molecule has 0 radical (unpaired) electrons. The van der Waals surface area contributed by atoms with Gasteiger partial charge >= 0.3 is 0 Å². The fourth-order valence-electron chi connectivity index (χ4n) is 4.35. The number of hydrogen-bond acceptors (Lipinski definition) is 5. The van der Waals surface area contributed by atoms with Gasteiger partial charge in [-0.3, -0.25) is 4.79 Å². The van der Waals surface area contributed by atoms with Crippen LogP contribution in [0.2, 0.25) is 0 Å². The van der Waals surface area contributed by atoms with E-state index in [0.29, 0.717) is 24.3 Å². The lowest BCUT2D eigenvalue weighted by Gasteiger charge is -2.36. The third kappa shape index (κ3) is 4.71. The summed E-state index contributed by atoms with van der Waals surface area (Å²) in [5.41, 5.74) is 4.14. The number of methoxy groups -OCH3 is 2. The number of amides is 1. The smallest absolute Gasteiger partial charge is 0.257 e. The Balaban J connectivity index is 1.41. The van der Waals surface area contributed by atoms with Crippen molar-refractivity contribution < 1.29 is 14.3 Å². The number of rotatable bonds is 6. The minimum atomic E-state index is -0.0108. The van der Waals surface area contributed by atoms with Crippen LogP contribution in [0.4, 0.5) is 5.69 Å². The van der Waals surface area contributed by atoms with E-state index in [1.165, 1.54) is 0 Å². The Morgan fingerprint density at radius 3 is 2.14 bits per heavy atom. The van der Waals surface area contributed by atoms with Crippen LogP contribution >= 0.6 is 0 Å². The number of nitrogens with zero attached hydrogens (tertiary/aromatic N) is 4. The Labute approximate surface area is 205 Å². The number of ether oxygens (including phenoxy) is 2. The van der Waals surface area contributed by atoms with Crippen LogP contribution in [0.3, 0.4) is 0 Å². The number of carbonyl (C=O) groups excluding carboxylic acids is 1. The van der Waals surface area contributed by atoms with Crippen LogP contribution in [-0.4, -0.2) is 61.0 Å². The van der Waals surface area contributed by atoms with Crippen molar-refractivity contribution in [2.45, 2.75) is 0 Å². The molecule has 0 unspecified atom stereocenters. The summed E-state index contributed by atoms with van der Waals surface area (Å²) in [6.45, 7) is 2.77. The van der Waals surface area contributed by atoms with Gasteiger partial charge in [-0.1, -0.05) is 24.3 Å². The first-order valence-corrected chi connectivity index (χ1v) is 11.6. The summed E-state index contributed by atoms with van der Waals surface area (Å²) < 4.78 is 12.4. The van der Waals surface area contributed by atoms with Gasteiger partial charge in [0.05, 0.1) is 25.5 Å². The molecule has 4 aromatic rings. The van der Waals surface area contributed by atoms with Crippen molar-refractivity contribution in [2.24, 2.45) is 0 Å². The van der Waals surface area contributed by atoms with Gasteiger partial charge in [0, 0.05) is 49.7 Å². The molecule has 178 valence electrons. The second kappa shape index (κ2) is 9.93. The molecule has 7 nitrogen and oxygen atoms in total. The molecule has 1 amide bonds. The van der Waals surface area contributed by atoms with Crippen molar-refractivity contribution in [1.82, 2.24) is 14.7 Å². The number of benzene rings is 3. The molecule has 1 saturated heterocycles. The first-order valence-electron chi connectivity index (χ1n) is 11.6. The minimum Gasteiger partial charge on any atom is -0.497 e. The molecular formula is C28H28N4O3. The molecule has 1 fully saturated rings. The molecule has 0 N–H and O–H groups in total. The van der Waals surface area contributed by atoms with Crippen molar-refractivity contribution in [3.63, 3.8) is 0 Å². The van der Waals surface area contributed by atoms with Gasteiger partial charge in [0.15, 0.2) is 0 Å². The summed E-state index contributed by atoms with van der Waals surface area (Å²) in [6.07, 6.45) is 1.84. The Kier molecular flexibility index (Phi) is 6.39. The highest BCUT2D eigenvalue weighted by Gasteiger charge is 2.27. The van der Waals surface area contributed by atoms with Gasteiger partial charge in [-0.2, -0.15) is 5.10 Å². The number of aromatic nitrogens is 2. The number of hydrogen-bond donors (Lipinski definition) is 0. The van der Waals surface area contributed by atoms with E-state index in [9.17, 15) is 4.79 Å². The Hall–Kier alpha value is -4.26. The highest BCUT2D eigenvalue weighted by molar-refractivity contribution is 6.00. The van der Waals surface area contributed by atoms with E-state index in [1.54, 1.807) is 18.9 Å². The monoisotopic (exact) mass is 468 g/mol. The fourth-order valence-corrected chi connectivity index (χ4v) is 4.35. The molecule has 1 aliphatic rings. The van der Waals surface area contributed by atoms with E-state index in [2.05, 4.69) is 11.0 Å². The van der Waals surface area contributed by atoms with E-state index in [-0.39, 0.29) is 5.91 Å². The van der Waals surface area contributed by atoms with Crippen LogP contribution in [0.1, 0.15) is 10.4 Å². The average molecular weight is 469 g/mol. The SMILES string of the molecule is COc1ccc(-c2nn(-c3ccccc3)cc2C(=O)N2CCN(c3cccc(OC)c3)CC2)cc1. The largest absolute Gasteiger partial charge is 0.497 e. The number of piperazine rings is 1. The molecule has 5 rings (SSSR count). The molecule has 0 saturated carbocycles. The third-order valence-electron chi connectivity index (χ3n) is 6.31. The van der Waals surface area contributed by atoms with Crippen molar-refractivity contribution >= 4 is 11.6 Å². The highest BCUT2D eigenvalue weighted by atomic mass is 16.5. The second-order valence-electron chi connectivity index (χ2n) is 8.38. The maximum atomic E-state index is 13.7. The van der Waals surface area contributed by atoms with Crippen LogP contribution in [-0.2, 0) is 0 Å². The lowest BCUT2D eigenvalue weighted by Crippen LogP contribution is -2.48. The maximum absolute atomic E-state index is 13.7. The van der Waals surface area contributed by atoms with Gasteiger partial charge in [-0.15, -0.1) is 0 Å². The van der Waals surface area contributed by atoms with E-state index < -0.39 is 0 Å². The van der Waals surface area contributed by atoms with Crippen LogP contribution < -0.4 is 14.4 Å². The van der Waals surface area contributed by atoms with Gasteiger partial charge < -0.3 is 19.3 Å². The molecule has 7 heteroatoms. The summed E-state index contributed by atoms with van der Waals surface area (Å²) in [4.78, 5) is 17.9. The highest BCUT2D eigenvalue weighted by Crippen LogP contribution is 2.28. The minimum absolute atomic E-state index is 0.0108. The van der Waals surface area contributed by atoms with Gasteiger partial charge in [0.25, 0.3) is 5.91 Å². The van der Waals surface area contributed by atoms with Gasteiger partial charge in [-0.05, 0) is 48.5 Å². The van der Waals surface area contributed by atoms with E-state index in [1.807, 2.05) is 83.9 Å². The summed E-state index contributed by atoms with van der Waals surface area (Å²) in [6, 6.07) is 25.5. The van der Waals surface area contributed by atoms with E-state index in [4.69, 9.17) is 14.6 Å². The Morgan fingerprint density at radius 1 is 0.771 bits per heavy atom. The Bertz CT molecular complexity index is 1290. The normalized spacial score (nSPS) is 13.5. The zero-order valence-electron chi connectivity index (χ0n) is 19.9. The summed E-state index contributed by atoms with van der Waals surface area (Å²) >= 11 is 0. The van der Waals surface area contributed by atoms with Crippen LogP contribution in [0.15, 0.2) is 85.1 Å². The summed E-state index contributed by atoms with van der Waals surface area (Å²) in [5, 5.41) is 4.81. The first-order chi connectivity index (χ1) is 17.2. The summed E-state index contributed by atoms with van der Waals surface area (Å²) in [5.74, 6) is 1.58. The number of para-hydroxylation sites is 1. The number of carbonyl (C=O) groups is 1. The van der Waals surface area contributed by atoms with Gasteiger partial charge in [0.2, 0.25) is 0 Å². The van der Waals surface area contributed by atoms with Crippen LogP contribution in [0.5, 0.6) is 11.5 Å². The fraction of sp³-hybridized carbons (Fsp3) is 0.214. The van der Waals surface area contributed by atoms with Crippen molar-refractivity contribution in [2.75, 3.05) is 45.3 Å². The maximum Gasteiger partial charge on any atom is 0.257 e. The lowest BCUT2D eigenvalue weighted by molar-refractivity contribution is 0.0747. The molecule has 0 atom stereocenters. The molecule has 1 aliphatic heterocycles. The predicted octanol–water partition coefficient (Wildman–Crippen LogP) is 4.52. The lowest BCUT2D eigenvalue weighted by atomic mass is 10.1. The average Bonchev–Trinajstić information content (AvgIpc) is 3.39. The van der Waals surface area contributed by atoms with Crippen molar-refractivity contribution in [1.29, 1.82) is 0 Å². The molecule has 0 aliphatic carbocycles. The third-order valence-corrected chi connectivity index (χ3v) is 6.31. The summed E-state index contributed by atoms with van der Waals surface area (Å²) in [7, 11) is 3.31. The first kappa shape index (κ1) is 22.5. The molecular weight excluding hydrogens is 440 g/mol. The zero-order valence-corrected chi connectivity index (χ0v) is 19.9. The van der Waals surface area contributed by atoms with E-state index >= 15 is 0 Å². The molecule has 0 spiro atoms. The van der Waals surface area contributed by atoms with E-state index in [0.717, 1.165) is 41.5 Å². The van der Waals surface area contributed by atoms with Crippen molar-refractivity contribution in [3.8, 4) is 28.4 Å². The van der Waals surface area contributed by atoms with Crippen LogP contribution in [0.25, 0.3) is 16.9 Å². The standard InChI is InChI=1S/C28H28N4O3/c1-34-24-13-11-21(12-14-24)27-26(20-32(29-27)22-7-4-3-5-8-22)28(33)31-17-15-30(16-18-31)23-9-6-10-25(19-23)35-2/h3-14,19-20H,15-18H2,1-2H3. The predicted molar refractivity (Wildman–Crippen MR) is 137 cm³/mol. The van der Waals surface area contributed by atoms with Gasteiger partial charge in [-0.25, -0.2) is 4.68 Å².